The van der Waals surface area contributed by atoms with Crippen molar-refractivity contribution in [2.75, 3.05) is 18.1 Å². The molecular weight excluding hydrogens is 335 g/mol. The van der Waals surface area contributed by atoms with Crippen molar-refractivity contribution in [2.24, 2.45) is 0 Å². The zero-order chi connectivity index (χ0) is 14.8. The Balaban J connectivity index is 2.29. The van der Waals surface area contributed by atoms with E-state index < -0.39 is 11.7 Å². The Morgan fingerprint density at radius 2 is 1.90 bits per heavy atom. The van der Waals surface area contributed by atoms with Crippen LogP contribution in [0.15, 0.2) is 22.7 Å². The first-order chi connectivity index (χ1) is 9.43. The van der Waals surface area contributed by atoms with Crippen LogP contribution in [-0.4, -0.2) is 24.3 Å². The molecule has 0 bridgehead atoms. The van der Waals surface area contributed by atoms with Crippen LogP contribution in [0.25, 0.3) is 0 Å². The van der Waals surface area contributed by atoms with E-state index in [9.17, 15) is 18.3 Å². The molecule has 0 radical (unpaired) electrons. The third-order valence-electron chi connectivity index (χ3n) is 3.69. The molecule has 1 saturated carbocycles. The summed E-state index contributed by atoms with van der Waals surface area (Å²) in [5.41, 5.74) is 0.0578. The van der Waals surface area contributed by atoms with E-state index in [-0.39, 0.29) is 6.61 Å². The quantitative estimate of drug-likeness (QED) is 0.878. The highest BCUT2D eigenvalue weighted by Crippen LogP contribution is 2.37. The van der Waals surface area contributed by atoms with Gasteiger partial charge in [0.1, 0.15) is 0 Å². The Morgan fingerprint density at radius 1 is 1.25 bits per heavy atom. The van der Waals surface area contributed by atoms with E-state index >= 15 is 0 Å². The maximum absolute atomic E-state index is 12.7. The first-order valence-corrected chi connectivity index (χ1v) is 7.47. The van der Waals surface area contributed by atoms with Gasteiger partial charge in [0.2, 0.25) is 0 Å². The summed E-state index contributed by atoms with van der Waals surface area (Å²) in [7, 11) is 0. The zero-order valence-corrected chi connectivity index (χ0v) is 12.5. The van der Waals surface area contributed by atoms with Crippen molar-refractivity contribution in [2.45, 2.75) is 37.9 Å². The van der Waals surface area contributed by atoms with Gasteiger partial charge in [-0.05, 0) is 47.0 Å². The van der Waals surface area contributed by atoms with Crippen LogP contribution in [0.2, 0.25) is 0 Å². The summed E-state index contributed by atoms with van der Waals surface area (Å²) in [6.07, 6.45) is -0.0349. The number of hydrogen-bond acceptors (Lipinski definition) is 2. The SMILES string of the molecule is OCCN(c1ccc(C(F)(F)F)cc1Br)C1CCCC1. The van der Waals surface area contributed by atoms with Gasteiger partial charge in [0, 0.05) is 17.1 Å². The highest BCUT2D eigenvalue weighted by atomic mass is 79.9. The third-order valence-corrected chi connectivity index (χ3v) is 4.33. The lowest BCUT2D eigenvalue weighted by Crippen LogP contribution is -2.36. The highest BCUT2D eigenvalue weighted by molar-refractivity contribution is 9.10. The third kappa shape index (κ3) is 3.47. The molecule has 1 aromatic rings. The number of aliphatic hydroxyl groups excluding tert-OH is 1. The molecule has 0 unspecified atom stereocenters. The van der Waals surface area contributed by atoms with Gasteiger partial charge in [-0.1, -0.05) is 12.8 Å². The lowest BCUT2D eigenvalue weighted by molar-refractivity contribution is -0.137. The van der Waals surface area contributed by atoms with Crippen LogP contribution in [-0.2, 0) is 6.18 Å². The fourth-order valence-electron chi connectivity index (χ4n) is 2.74. The highest BCUT2D eigenvalue weighted by Gasteiger charge is 2.32. The molecule has 0 atom stereocenters. The van der Waals surface area contributed by atoms with E-state index in [1.165, 1.54) is 6.07 Å². The number of nitrogens with zero attached hydrogens (tertiary/aromatic N) is 1. The molecule has 0 aromatic heterocycles. The van der Waals surface area contributed by atoms with Crippen LogP contribution < -0.4 is 4.90 Å². The zero-order valence-electron chi connectivity index (χ0n) is 11.0. The Labute approximate surface area is 124 Å². The summed E-state index contributed by atoms with van der Waals surface area (Å²) in [6, 6.07) is 3.99. The van der Waals surface area contributed by atoms with Crippen molar-refractivity contribution in [3.05, 3.63) is 28.2 Å². The van der Waals surface area contributed by atoms with Crippen molar-refractivity contribution in [3.8, 4) is 0 Å². The van der Waals surface area contributed by atoms with Crippen molar-refractivity contribution in [1.29, 1.82) is 0 Å². The second-order valence-corrected chi connectivity index (χ2v) is 5.87. The summed E-state index contributed by atoms with van der Waals surface area (Å²) in [5.74, 6) is 0. The van der Waals surface area contributed by atoms with Crippen molar-refractivity contribution < 1.29 is 18.3 Å². The second-order valence-electron chi connectivity index (χ2n) is 5.02. The monoisotopic (exact) mass is 351 g/mol. The summed E-state index contributed by atoms with van der Waals surface area (Å²) in [5, 5.41) is 9.20. The maximum Gasteiger partial charge on any atom is 0.416 e. The van der Waals surface area contributed by atoms with Gasteiger partial charge >= 0.3 is 6.18 Å². The van der Waals surface area contributed by atoms with E-state index in [1.807, 2.05) is 4.90 Å². The summed E-state index contributed by atoms with van der Waals surface area (Å²) in [6.45, 7) is 0.429. The number of aliphatic hydroxyl groups is 1. The van der Waals surface area contributed by atoms with Gasteiger partial charge in [0.05, 0.1) is 17.9 Å². The van der Waals surface area contributed by atoms with Crippen molar-refractivity contribution in [3.63, 3.8) is 0 Å². The lowest BCUT2D eigenvalue weighted by atomic mass is 10.1. The number of rotatable bonds is 4. The Morgan fingerprint density at radius 3 is 2.40 bits per heavy atom. The number of halogens is 4. The predicted molar refractivity (Wildman–Crippen MR) is 75.8 cm³/mol. The van der Waals surface area contributed by atoms with Gasteiger partial charge in [-0.3, -0.25) is 0 Å². The Bertz CT molecular complexity index is 458. The molecule has 1 aliphatic carbocycles. The maximum atomic E-state index is 12.7. The molecule has 112 valence electrons. The molecule has 1 aromatic carbocycles. The first kappa shape index (κ1) is 15.6. The van der Waals surface area contributed by atoms with E-state index in [1.54, 1.807) is 0 Å². The minimum Gasteiger partial charge on any atom is -0.395 e. The van der Waals surface area contributed by atoms with Gasteiger partial charge in [-0.2, -0.15) is 13.2 Å². The van der Waals surface area contributed by atoms with Crippen LogP contribution >= 0.6 is 15.9 Å². The van der Waals surface area contributed by atoms with Crippen LogP contribution in [0, 0.1) is 0 Å². The molecule has 6 heteroatoms. The van der Waals surface area contributed by atoms with Crippen LogP contribution in [0.4, 0.5) is 18.9 Å². The molecule has 2 rings (SSSR count). The molecule has 0 amide bonds. The fraction of sp³-hybridized carbons (Fsp3) is 0.571. The molecule has 0 spiro atoms. The number of hydrogen-bond donors (Lipinski definition) is 1. The summed E-state index contributed by atoms with van der Waals surface area (Å²) < 4.78 is 38.4. The first-order valence-electron chi connectivity index (χ1n) is 6.67. The largest absolute Gasteiger partial charge is 0.416 e. The molecule has 0 saturated heterocycles. The molecular formula is C14H17BrF3NO. The molecule has 1 aliphatic rings. The topological polar surface area (TPSA) is 23.5 Å². The molecule has 0 aliphatic heterocycles. The minimum absolute atomic E-state index is 0.00996. The molecule has 2 nitrogen and oxygen atoms in total. The van der Waals surface area contributed by atoms with E-state index in [0.717, 1.165) is 43.5 Å². The Kier molecular flexibility index (Phi) is 4.96. The average molecular weight is 352 g/mol. The predicted octanol–water partition coefficient (Wildman–Crippen LogP) is 4.21. The average Bonchev–Trinajstić information content (AvgIpc) is 2.89. The molecule has 0 heterocycles. The number of benzene rings is 1. The smallest absolute Gasteiger partial charge is 0.395 e. The normalized spacial score (nSPS) is 16.6. The van der Waals surface area contributed by atoms with Gasteiger partial charge in [-0.15, -0.1) is 0 Å². The van der Waals surface area contributed by atoms with Gasteiger partial charge in [0.25, 0.3) is 0 Å². The lowest BCUT2D eigenvalue weighted by Gasteiger charge is -2.31. The standard InChI is InChI=1S/C14H17BrF3NO/c15-12-9-10(14(16,17)18)5-6-13(12)19(7-8-20)11-3-1-2-4-11/h5-6,9,11,20H,1-4,7-8H2. The fourth-order valence-corrected chi connectivity index (χ4v) is 3.35. The van der Waals surface area contributed by atoms with Gasteiger partial charge in [0.15, 0.2) is 0 Å². The van der Waals surface area contributed by atoms with Crippen LogP contribution in [0.1, 0.15) is 31.2 Å². The summed E-state index contributed by atoms with van der Waals surface area (Å²) in [4.78, 5) is 2.01. The van der Waals surface area contributed by atoms with E-state index in [0.29, 0.717) is 17.1 Å². The minimum atomic E-state index is -4.34. The second kappa shape index (κ2) is 6.35. The van der Waals surface area contributed by atoms with Crippen molar-refractivity contribution >= 4 is 21.6 Å². The van der Waals surface area contributed by atoms with Gasteiger partial charge < -0.3 is 10.0 Å². The van der Waals surface area contributed by atoms with Crippen molar-refractivity contribution in [1.82, 2.24) is 0 Å². The number of alkyl halides is 3. The van der Waals surface area contributed by atoms with E-state index in [2.05, 4.69) is 15.9 Å². The molecule has 1 N–H and O–H groups in total. The summed E-state index contributed by atoms with van der Waals surface area (Å²) >= 11 is 3.23. The number of anilines is 1. The van der Waals surface area contributed by atoms with Gasteiger partial charge in [-0.25, -0.2) is 0 Å². The Hall–Kier alpha value is -0.750. The van der Waals surface area contributed by atoms with Crippen LogP contribution in [0.3, 0.4) is 0 Å². The van der Waals surface area contributed by atoms with E-state index in [4.69, 9.17) is 0 Å². The van der Waals surface area contributed by atoms with Crippen LogP contribution in [0.5, 0.6) is 0 Å². The molecule has 20 heavy (non-hydrogen) atoms. The molecule has 1 fully saturated rings.